The number of carbonyl (C=O) groups is 1. The van der Waals surface area contributed by atoms with Crippen LogP contribution in [0.4, 0.5) is 13.2 Å². The molecule has 0 aromatic carbocycles. The monoisotopic (exact) mass is 318 g/mol. The third kappa shape index (κ3) is 3.18. The predicted octanol–water partition coefficient (Wildman–Crippen LogP) is 3.72. The largest absolute Gasteiger partial charge is 0.461 e. The first-order chi connectivity index (χ1) is 9.84. The standard InChI is InChI=1S/C13H10ClF3N2O2/c1-2-21-12(20)10-4-3-5-19(10)11-9(14)6-8(7-18-11)13(15,16)17/h3-7H,2H2,1H3. The highest BCUT2D eigenvalue weighted by atomic mass is 35.5. The van der Waals surface area contributed by atoms with E-state index in [4.69, 9.17) is 16.3 Å². The second-order valence-electron chi connectivity index (χ2n) is 4.01. The fourth-order valence-electron chi connectivity index (χ4n) is 1.70. The number of carbonyl (C=O) groups excluding carboxylic acids is 1. The quantitative estimate of drug-likeness (QED) is 0.810. The normalized spacial score (nSPS) is 11.5. The van der Waals surface area contributed by atoms with Crippen LogP contribution < -0.4 is 0 Å². The summed E-state index contributed by atoms with van der Waals surface area (Å²) in [7, 11) is 0. The van der Waals surface area contributed by atoms with Crippen LogP contribution in [0.1, 0.15) is 23.0 Å². The maximum Gasteiger partial charge on any atom is 0.417 e. The third-order valence-electron chi connectivity index (χ3n) is 2.61. The van der Waals surface area contributed by atoms with Gasteiger partial charge < -0.3 is 4.74 Å². The number of rotatable bonds is 3. The number of hydrogen-bond donors (Lipinski definition) is 0. The van der Waals surface area contributed by atoms with E-state index in [9.17, 15) is 18.0 Å². The molecule has 0 bridgehead atoms. The molecule has 2 rings (SSSR count). The Bertz CT molecular complexity index is 668. The lowest BCUT2D eigenvalue weighted by Gasteiger charge is -2.12. The Hall–Kier alpha value is -2.02. The van der Waals surface area contributed by atoms with Crippen molar-refractivity contribution in [2.24, 2.45) is 0 Å². The van der Waals surface area contributed by atoms with Crippen molar-refractivity contribution in [3.63, 3.8) is 0 Å². The molecule has 21 heavy (non-hydrogen) atoms. The maximum atomic E-state index is 12.6. The van der Waals surface area contributed by atoms with E-state index < -0.39 is 17.7 Å². The van der Waals surface area contributed by atoms with Crippen molar-refractivity contribution in [2.75, 3.05) is 6.61 Å². The summed E-state index contributed by atoms with van der Waals surface area (Å²) in [6.45, 7) is 1.83. The van der Waals surface area contributed by atoms with Gasteiger partial charge in [0.25, 0.3) is 0 Å². The Morgan fingerprint density at radius 3 is 2.76 bits per heavy atom. The van der Waals surface area contributed by atoms with Gasteiger partial charge in [0.15, 0.2) is 5.82 Å². The van der Waals surface area contributed by atoms with Crippen molar-refractivity contribution in [3.8, 4) is 5.82 Å². The lowest BCUT2D eigenvalue weighted by molar-refractivity contribution is -0.137. The molecule has 0 unspecified atom stereocenters. The average molecular weight is 319 g/mol. The molecular weight excluding hydrogens is 309 g/mol. The summed E-state index contributed by atoms with van der Waals surface area (Å²) in [6.07, 6.45) is -2.40. The van der Waals surface area contributed by atoms with Crippen molar-refractivity contribution in [1.29, 1.82) is 0 Å². The molecular formula is C13H10ClF3N2O2. The number of alkyl halides is 3. The number of halogens is 4. The minimum atomic E-state index is -4.53. The van der Waals surface area contributed by atoms with E-state index >= 15 is 0 Å². The first kappa shape index (κ1) is 15.4. The number of nitrogens with zero attached hydrogens (tertiary/aromatic N) is 2. The SMILES string of the molecule is CCOC(=O)c1cccn1-c1ncc(C(F)(F)F)cc1Cl. The minimum Gasteiger partial charge on any atom is -0.461 e. The second kappa shape index (κ2) is 5.77. The predicted molar refractivity (Wildman–Crippen MR) is 69.5 cm³/mol. The van der Waals surface area contributed by atoms with Gasteiger partial charge in [-0.1, -0.05) is 11.6 Å². The van der Waals surface area contributed by atoms with Crippen LogP contribution >= 0.6 is 11.6 Å². The molecule has 0 saturated carbocycles. The molecule has 112 valence electrons. The molecule has 4 nitrogen and oxygen atoms in total. The van der Waals surface area contributed by atoms with Crippen LogP contribution in [-0.2, 0) is 10.9 Å². The molecule has 0 saturated heterocycles. The number of aromatic nitrogens is 2. The van der Waals surface area contributed by atoms with Crippen LogP contribution in [-0.4, -0.2) is 22.1 Å². The summed E-state index contributed by atoms with van der Waals surface area (Å²) >= 11 is 5.85. The molecule has 2 heterocycles. The molecule has 0 aliphatic carbocycles. The summed E-state index contributed by atoms with van der Waals surface area (Å²) < 4.78 is 43.8. The van der Waals surface area contributed by atoms with Gasteiger partial charge in [0.2, 0.25) is 0 Å². The molecule has 0 spiro atoms. The Balaban J connectivity index is 2.44. The lowest BCUT2D eigenvalue weighted by atomic mass is 10.2. The summed E-state index contributed by atoms with van der Waals surface area (Å²) in [6, 6.07) is 3.77. The van der Waals surface area contributed by atoms with Crippen LogP contribution in [0.3, 0.4) is 0 Å². The van der Waals surface area contributed by atoms with E-state index in [0.717, 1.165) is 6.07 Å². The van der Waals surface area contributed by atoms with E-state index in [1.54, 1.807) is 13.0 Å². The number of esters is 1. The summed E-state index contributed by atoms with van der Waals surface area (Å²) in [5, 5.41) is -0.216. The molecule has 0 radical (unpaired) electrons. The molecule has 8 heteroatoms. The lowest BCUT2D eigenvalue weighted by Crippen LogP contribution is -2.13. The fraction of sp³-hybridized carbons (Fsp3) is 0.231. The van der Waals surface area contributed by atoms with Crippen LogP contribution in [0.5, 0.6) is 0 Å². The van der Waals surface area contributed by atoms with Gasteiger partial charge in [-0.2, -0.15) is 13.2 Å². The summed E-state index contributed by atoms with van der Waals surface area (Å²) in [4.78, 5) is 15.4. The highest BCUT2D eigenvalue weighted by Crippen LogP contribution is 2.32. The first-order valence-corrected chi connectivity index (χ1v) is 6.30. The van der Waals surface area contributed by atoms with E-state index in [0.29, 0.717) is 6.20 Å². The van der Waals surface area contributed by atoms with Crippen molar-refractivity contribution in [2.45, 2.75) is 13.1 Å². The third-order valence-corrected chi connectivity index (χ3v) is 2.89. The van der Waals surface area contributed by atoms with Gasteiger partial charge in [-0.25, -0.2) is 9.78 Å². The Morgan fingerprint density at radius 2 is 2.19 bits per heavy atom. The van der Waals surface area contributed by atoms with Gasteiger partial charge >= 0.3 is 12.1 Å². The Morgan fingerprint density at radius 1 is 1.48 bits per heavy atom. The highest BCUT2D eigenvalue weighted by Gasteiger charge is 2.32. The molecule has 0 amide bonds. The van der Waals surface area contributed by atoms with Crippen LogP contribution in [0.25, 0.3) is 5.82 Å². The first-order valence-electron chi connectivity index (χ1n) is 5.92. The van der Waals surface area contributed by atoms with Crippen LogP contribution in [0.15, 0.2) is 30.6 Å². The van der Waals surface area contributed by atoms with E-state index in [1.165, 1.54) is 16.8 Å². The van der Waals surface area contributed by atoms with Gasteiger partial charge in [0.05, 0.1) is 17.2 Å². The van der Waals surface area contributed by atoms with Gasteiger partial charge in [0, 0.05) is 12.4 Å². The fourth-order valence-corrected chi connectivity index (χ4v) is 1.96. The van der Waals surface area contributed by atoms with E-state index in [-0.39, 0.29) is 23.1 Å². The molecule has 2 aromatic heterocycles. The van der Waals surface area contributed by atoms with Crippen molar-refractivity contribution in [1.82, 2.24) is 9.55 Å². The number of hydrogen-bond acceptors (Lipinski definition) is 3. The van der Waals surface area contributed by atoms with Crippen molar-refractivity contribution >= 4 is 17.6 Å². The molecule has 0 aliphatic rings. The topological polar surface area (TPSA) is 44.1 Å². The molecule has 0 aliphatic heterocycles. The van der Waals surface area contributed by atoms with E-state index in [2.05, 4.69) is 4.98 Å². The Labute approximate surface area is 123 Å². The summed E-state index contributed by atoms with van der Waals surface area (Å²) in [5.41, 5.74) is -0.827. The van der Waals surface area contributed by atoms with Crippen molar-refractivity contribution < 1.29 is 22.7 Å². The van der Waals surface area contributed by atoms with Crippen LogP contribution in [0, 0.1) is 0 Å². The molecule has 0 atom stereocenters. The zero-order chi connectivity index (χ0) is 15.6. The molecule has 0 N–H and O–H groups in total. The highest BCUT2D eigenvalue weighted by molar-refractivity contribution is 6.32. The zero-order valence-corrected chi connectivity index (χ0v) is 11.6. The van der Waals surface area contributed by atoms with Crippen molar-refractivity contribution in [3.05, 3.63) is 46.9 Å². The van der Waals surface area contributed by atoms with Gasteiger partial charge in [-0.05, 0) is 25.1 Å². The Kier molecular flexibility index (Phi) is 4.22. The van der Waals surface area contributed by atoms with E-state index in [1.807, 2.05) is 0 Å². The molecule has 2 aromatic rings. The molecule has 0 fully saturated rings. The number of ether oxygens (including phenoxy) is 1. The summed E-state index contributed by atoms with van der Waals surface area (Å²) in [5.74, 6) is -0.585. The van der Waals surface area contributed by atoms with Crippen LogP contribution in [0.2, 0.25) is 5.02 Å². The van der Waals surface area contributed by atoms with Gasteiger partial charge in [0.1, 0.15) is 5.69 Å². The second-order valence-corrected chi connectivity index (χ2v) is 4.42. The zero-order valence-electron chi connectivity index (χ0n) is 10.8. The van der Waals surface area contributed by atoms with Gasteiger partial charge in [-0.3, -0.25) is 4.57 Å². The smallest absolute Gasteiger partial charge is 0.417 e. The van der Waals surface area contributed by atoms with Gasteiger partial charge in [-0.15, -0.1) is 0 Å². The average Bonchev–Trinajstić information content (AvgIpc) is 2.86. The minimum absolute atomic E-state index is 0.0257. The maximum absolute atomic E-state index is 12.6. The number of pyridine rings is 1.